The fourth-order valence-electron chi connectivity index (χ4n) is 4.80. The SMILES string of the molecule is CN1[C@@H]2CC[C@H]1CC(OC(=O)C1(c3ccccc3)CCCC(=O)N1)C2. The number of rotatable bonds is 3. The quantitative estimate of drug-likeness (QED) is 0.857. The Morgan fingerprint density at radius 1 is 1.20 bits per heavy atom. The first-order valence-corrected chi connectivity index (χ1v) is 9.38. The average Bonchev–Trinajstić information content (AvgIpc) is 2.83. The summed E-state index contributed by atoms with van der Waals surface area (Å²) < 4.78 is 5.99. The van der Waals surface area contributed by atoms with E-state index in [1.165, 1.54) is 12.8 Å². The van der Waals surface area contributed by atoms with Crippen LogP contribution in [0.2, 0.25) is 0 Å². The number of nitrogens with one attached hydrogen (secondary N) is 1. The summed E-state index contributed by atoms with van der Waals surface area (Å²) in [6.45, 7) is 0. The normalized spacial score (nSPS) is 35.2. The molecule has 0 radical (unpaired) electrons. The van der Waals surface area contributed by atoms with E-state index in [9.17, 15) is 9.59 Å². The number of esters is 1. The van der Waals surface area contributed by atoms with Crippen molar-refractivity contribution in [1.29, 1.82) is 0 Å². The lowest BCUT2D eigenvalue weighted by atomic mass is 9.82. The highest BCUT2D eigenvalue weighted by molar-refractivity contribution is 5.90. The van der Waals surface area contributed by atoms with Gasteiger partial charge in [0.2, 0.25) is 5.91 Å². The van der Waals surface area contributed by atoms with Crippen LogP contribution in [-0.4, -0.2) is 42.0 Å². The fraction of sp³-hybridized carbons (Fsp3) is 0.600. The predicted octanol–water partition coefficient (Wildman–Crippen LogP) is 2.35. The van der Waals surface area contributed by atoms with Gasteiger partial charge in [-0.05, 0) is 51.1 Å². The van der Waals surface area contributed by atoms with Crippen LogP contribution < -0.4 is 5.32 Å². The molecule has 4 rings (SSSR count). The smallest absolute Gasteiger partial charge is 0.336 e. The molecule has 25 heavy (non-hydrogen) atoms. The van der Waals surface area contributed by atoms with Crippen molar-refractivity contribution in [3.05, 3.63) is 35.9 Å². The van der Waals surface area contributed by atoms with E-state index in [0.29, 0.717) is 31.3 Å². The molecule has 2 bridgehead atoms. The molecular formula is C20H26N2O3. The van der Waals surface area contributed by atoms with E-state index in [4.69, 9.17) is 4.74 Å². The topological polar surface area (TPSA) is 58.6 Å². The molecule has 0 spiro atoms. The van der Waals surface area contributed by atoms with Gasteiger partial charge in [-0.15, -0.1) is 0 Å². The summed E-state index contributed by atoms with van der Waals surface area (Å²) in [6.07, 6.45) is 5.91. The Kier molecular flexibility index (Phi) is 4.28. The summed E-state index contributed by atoms with van der Waals surface area (Å²) in [5, 5.41) is 2.96. The lowest BCUT2D eigenvalue weighted by Gasteiger charge is -2.40. The molecule has 1 amide bonds. The van der Waals surface area contributed by atoms with Crippen LogP contribution in [0.1, 0.15) is 50.5 Å². The maximum atomic E-state index is 13.2. The Balaban J connectivity index is 1.56. The molecule has 1 aromatic rings. The van der Waals surface area contributed by atoms with Crippen LogP contribution in [0.5, 0.6) is 0 Å². The molecule has 3 heterocycles. The zero-order valence-corrected chi connectivity index (χ0v) is 14.7. The molecular weight excluding hydrogens is 316 g/mol. The molecule has 1 aromatic carbocycles. The minimum Gasteiger partial charge on any atom is -0.460 e. The molecule has 3 saturated heterocycles. The van der Waals surface area contributed by atoms with Gasteiger partial charge in [0.15, 0.2) is 5.54 Å². The average molecular weight is 342 g/mol. The van der Waals surface area contributed by atoms with Crippen molar-refractivity contribution < 1.29 is 14.3 Å². The van der Waals surface area contributed by atoms with Gasteiger partial charge >= 0.3 is 5.97 Å². The third-order valence-electron chi connectivity index (χ3n) is 6.25. The van der Waals surface area contributed by atoms with Crippen LogP contribution in [0.3, 0.4) is 0 Å². The molecule has 3 aliphatic rings. The zero-order chi connectivity index (χ0) is 17.4. The number of piperidine rings is 2. The van der Waals surface area contributed by atoms with Crippen LogP contribution >= 0.6 is 0 Å². The minimum absolute atomic E-state index is 0.0411. The Morgan fingerprint density at radius 3 is 2.52 bits per heavy atom. The van der Waals surface area contributed by atoms with Crippen LogP contribution in [0, 0.1) is 0 Å². The number of amides is 1. The maximum Gasteiger partial charge on any atom is 0.336 e. The standard InChI is InChI=1S/C20H26N2O3/c1-22-15-9-10-16(22)13-17(12-15)25-19(24)20(11-5-8-18(23)21-20)14-6-3-2-4-7-14/h2-4,6-7,15-17H,5,8-13H2,1H3,(H,21,23)/t15-,16+,17?,20?. The second-order valence-electron chi connectivity index (χ2n) is 7.72. The summed E-state index contributed by atoms with van der Waals surface area (Å²) >= 11 is 0. The number of hydrogen-bond acceptors (Lipinski definition) is 4. The molecule has 4 atom stereocenters. The third kappa shape index (κ3) is 2.95. The number of fused-ring (bicyclic) bond motifs is 2. The van der Waals surface area contributed by atoms with Gasteiger partial charge < -0.3 is 15.0 Å². The zero-order valence-electron chi connectivity index (χ0n) is 14.7. The number of ether oxygens (including phenoxy) is 1. The van der Waals surface area contributed by atoms with Gasteiger partial charge in [-0.3, -0.25) is 4.79 Å². The Labute approximate surface area is 148 Å². The largest absolute Gasteiger partial charge is 0.460 e. The van der Waals surface area contributed by atoms with Gasteiger partial charge in [0.05, 0.1) is 0 Å². The summed E-state index contributed by atoms with van der Waals surface area (Å²) in [5.74, 6) is -0.365. The van der Waals surface area contributed by atoms with Gasteiger partial charge in [-0.25, -0.2) is 4.79 Å². The van der Waals surface area contributed by atoms with Gasteiger partial charge in [0.25, 0.3) is 0 Å². The first kappa shape index (κ1) is 16.6. The molecule has 0 saturated carbocycles. The molecule has 5 nitrogen and oxygen atoms in total. The second-order valence-corrected chi connectivity index (χ2v) is 7.72. The van der Waals surface area contributed by atoms with Crippen LogP contribution in [0.4, 0.5) is 0 Å². The fourth-order valence-corrected chi connectivity index (χ4v) is 4.80. The van der Waals surface area contributed by atoms with Crippen molar-refractivity contribution in [2.24, 2.45) is 0 Å². The number of nitrogens with zero attached hydrogens (tertiary/aromatic N) is 1. The van der Waals surface area contributed by atoms with E-state index in [-0.39, 0.29) is 18.0 Å². The molecule has 1 N–H and O–H groups in total. The van der Waals surface area contributed by atoms with E-state index in [2.05, 4.69) is 17.3 Å². The lowest BCUT2D eigenvalue weighted by Crippen LogP contribution is -2.56. The van der Waals surface area contributed by atoms with E-state index >= 15 is 0 Å². The van der Waals surface area contributed by atoms with E-state index in [0.717, 1.165) is 18.4 Å². The monoisotopic (exact) mass is 342 g/mol. The van der Waals surface area contributed by atoms with Crippen molar-refractivity contribution in [1.82, 2.24) is 10.2 Å². The second kappa shape index (κ2) is 6.45. The van der Waals surface area contributed by atoms with Crippen molar-refractivity contribution in [3.8, 4) is 0 Å². The van der Waals surface area contributed by atoms with Crippen molar-refractivity contribution in [2.45, 2.75) is 68.7 Å². The van der Waals surface area contributed by atoms with Crippen molar-refractivity contribution in [2.75, 3.05) is 7.05 Å². The van der Waals surface area contributed by atoms with Crippen LogP contribution in [0.15, 0.2) is 30.3 Å². The first-order chi connectivity index (χ1) is 12.1. The number of benzene rings is 1. The molecule has 3 aliphatic heterocycles. The summed E-state index contributed by atoms with van der Waals surface area (Å²) in [5.41, 5.74) is -0.206. The third-order valence-corrected chi connectivity index (χ3v) is 6.25. The molecule has 5 heteroatoms. The van der Waals surface area contributed by atoms with E-state index in [1.54, 1.807) is 0 Å². The van der Waals surface area contributed by atoms with Gasteiger partial charge in [-0.1, -0.05) is 30.3 Å². The molecule has 0 aliphatic carbocycles. The first-order valence-electron chi connectivity index (χ1n) is 9.38. The van der Waals surface area contributed by atoms with E-state index in [1.807, 2.05) is 30.3 Å². The van der Waals surface area contributed by atoms with Crippen LogP contribution in [0.25, 0.3) is 0 Å². The van der Waals surface area contributed by atoms with Gasteiger partial charge in [0, 0.05) is 18.5 Å². The van der Waals surface area contributed by atoms with Crippen LogP contribution in [-0.2, 0) is 19.9 Å². The Morgan fingerprint density at radius 2 is 1.88 bits per heavy atom. The highest BCUT2D eigenvalue weighted by Gasteiger charge is 2.47. The highest BCUT2D eigenvalue weighted by atomic mass is 16.5. The van der Waals surface area contributed by atoms with Crippen molar-refractivity contribution >= 4 is 11.9 Å². The number of hydrogen-bond donors (Lipinski definition) is 1. The Bertz CT molecular complexity index is 648. The number of carbonyl (C=O) groups excluding carboxylic acids is 2. The van der Waals surface area contributed by atoms with Crippen molar-refractivity contribution in [3.63, 3.8) is 0 Å². The van der Waals surface area contributed by atoms with Gasteiger partial charge in [-0.2, -0.15) is 0 Å². The molecule has 2 unspecified atom stereocenters. The maximum absolute atomic E-state index is 13.2. The summed E-state index contributed by atoms with van der Waals surface area (Å²) in [6, 6.07) is 10.6. The summed E-state index contributed by atoms with van der Waals surface area (Å²) in [7, 11) is 2.17. The molecule has 0 aromatic heterocycles. The lowest BCUT2D eigenvalue weighted by molar-refractivity contribution is -0.164. The highest BCUT2D eigenvalue weighted by Crippen LogP contribution is 2.38. The predicted molar refractivity (Wildman–Crippen MR) is 93.8 cm³/mol. The number of carbonyl (C=O) groups is 2. The minimum atomic E-state index is -1.03. The molecule has 134 valence electrons. The Hall–Kier alpha value is -1.88. The van der Waals surface area contributed by atoms with E-state index < -0.39 is 5.54 Å². The van der Waals surface area contributed by atoms with Gasteiger partial charge in [0.1, 0.15) is 6.10 Å². The molecule has 3 fully saturated rings. The summed E-state index contributed by atoms with van der Waals surface area (Å²) in [4.78, 5) is 27.7.